The highest BCUT2D eigenvalue weighted by Gasteiger charge is 2.09. The summed E-state index contributed by atoms with van der Waals surface area (Å²) in [6.07, 6.45) is 2.38. The minimum Gasteiger partial charge on any atom is -0.367 e. The molecule has 0 spiro atoms. The first-order chi connectivity index (χ1) is 8.55. The Hall–Kier alpha value is -1.32. The fraction of sp³-hybridized carbons (Fsp3) is 0.714. The van der Waals surface area contributed by atoms with Crippen molar-refractivity contribution in [2.75, 3.05) is 17.2 Å². The van der Waals surface area contributed by atoms with Gasteiger partial charge in [-0.1, -0.05) is 20.3 Å². The minimum atomic E-state index is 0.434. The van der Waals surface area contributed by atoms with Crippen LogP contribution in [0, 0.1) is 12.8 Å². The van der Waals surface area contributed by atoms with Crippen molar-refractivity contribution in [1.82, 2.24) is 9.97 Å². The van der Waals surface area contributed by atoms with Gasteiger partial charge in [-0.15, -0.1) is 0 Å². The van der Waals surface area contributed by atoms with Gasteiger partial charge in [-0.05, 0) is 33.1 Å². The second-order valence-corrected chi connectivity index (χ2v) is 5.04. The van der Waals surface area contributed by atoms with Crippen molar-refractivity contribution in [1.29, 1.82) is 0 Å². The van der Waals surface area contributed by atoms with Crippen molar-refractivity contribution in [2.45, 2.75) is 53.5 Å². The van der Waals surface area contributed by atoms with Crippen molar-refractivity contribution in [3.05, 3.63) is 11.8 Å². The number of hydrogen-bond donors (Lipinski definition) is 2. The van der Waals surface area contributed by atoms with Gasteiger partial charge in [0.2, 0.25) is 5.95 Å². The van der Waals surface area contributed by atoms with Crippen LogP contribution in [0.4, 0.5) is 11.8 Å². The van der Waals surface area contributed by atoms with E-state index in [4.69, 9.17) is 0 Å². The van der Waals surface area contributed by atoms with E-state index in [1.54, 1.807) is 0 Å². The second-order valence-electron chi connectivity index (χ2n) is 5.04. The van der Waals surface area contributed by atoms with Crippen LogP contribution in [0.2, 0.25) is 0 Å². The number of anilines is 2. The molecule has 4 nitrogen and oxygen atoms in total. The van der Waals surface area contributed by atoms with Crippen LogP contribution in [0.3, 0.4) is 0 Å². The lowest BCUT2D eigenvalue weighted by Gasteiger charge is -2.18. The third-order valence-electron chi connectivity index (χ3n) is 3.04. The smallest absolute Gasteiger partial charge is 0.224 e. The third-order valence-corrected chi connectivity index (χ3v) is 3.04. The van der Waals surface area contributed by atoms with Crippen LogP contribution < -0.4 is 10.6 Å². The maximum atomic E-state index is 4.46. The summed E-state index contributed by atoms with van der Waals surface area (Å²) in [5.74, 6) is 2.36. The Balaban J connectivity index is 2.65. The fourth-order valence-corrected chi connectivity index (χ4v) is 1.96. The molecule has 0 bridgehead atoms. The van der Waals surface area contributed by atoms with Gasteiger partial charge in [0.15, 0.2) is 0 Å². The summed E-state index contributed by atoms with van der Waals surface area (Å²) in [6.45, 7) is 11.6. The summed E-state index contributed by atoms with van der Waals surface area (Å²) in [5.41, 5.74) is 0.985. The van der Waals surface area contributed by atoms with Crippen molar-refractivity contribution in [3.63, 3.8) is 0 Å². The van der Waals surface area contributed by atoms with Crippen LogP contribution >= 0.6 is 0 Å². The average Bonchev–Trinajstić information content (AvgIpc) is 2.28. The Labute approximate surface area is 111 Å². The van der Waals surface area contributed by atoms with E-state index in [0.717, 1.165) is 30.4 Å². The predicted molar refractivity (Wildman–Crippen MR) is 78.1 cm³/mol. The molecule has 2 atom stereocenters. The van der Waals surface area contributed by atoms with Crippen LogP contribution in [0.5, 0.6) is 0 Å². The lowest BCUT2D eigenvalue weighted by molar-refractivity contribution is 0.483. The topological polar surface area (TPSA) is 49.8 Å². The number of rotatable bonds is 7. The number of aryl methyl sites for hydroxylation is 1. The number of nitrogens with one attached hydrogen (secondary N) is 2. The summed E-state index contributed by atoms with van der Waals surface area (Å²) < 4.78 is 0. The standard InChI is InChI=1S/C14H26N4/c1-6-10(3)8-11(4)16-13-9-12(5)17-14(18-13)15-7-2/h9-11H,6-8H2,1-5H3,(H2,15,16,17,18). The molecule has 0 aromatic carbocycles. The van der Waals surface area contributed by atoms with Gasteiger partial charge in [0, 0.05) is 24.3 Å². The monoisotopic (exact) mass is 250 g/mol. The summed E-state index contributed by atoms with van der Waals surface area (Å²) in [4.78, 5) is 8.81. The van der Waals surface area contributed by atoms with Crippen LogP contribution in [-0.2, 0) is 0 Å². The van der Waals surface area contributed by atoms with E-state index >= 15 is 0 Å². The Bertz CT molecular complexity index is 365. The molecular formula is C14H26N4. The summed E-state index contributed by atoms with van der Waals surface area (Å²) in [6, 6.07) is 2.43. The molecule has 0 amide bonds. The normalized spacial score (nSPS) is 14.1. The molecular weight excluding hydrogens is 224 g/mol. The maximum absolute atomic E-state index is 4.46. The van der Waals surface area contributed by atoms with Crippen LogP contribution in [-0.4, -0.2) is 22.6 Å². The first-order valence-corrected chi connectivity index (χ1v) is 6.91. The first kappa shape index (κ1) is 14.7. The lowest BCUT2D eigenvalue weighted by atomic mass is 10.0. The molecule has 1 heterocycles. The Morgan fingerprint density at radius 2 is 1.94 bits per heavy atom. The molecule has 2 N–H and O–H groups in total. The third kappa shape index (κ3) is 4.90. The van der Waals surface area contributed by atoms with Gasteiger partial charge in [-0.3, -0.25) is 0 Å². The second kappa shape index (κ2) is 7.19. The van der Waals surface area contributed by atoms with Gasteiger partial charge in [0.1, 0.15) is 5.82 Å². The van der Waals surface area contributed by atoms with Gasteiger partial charge in [-0.2, -0.15) is 4.98 Å². The van der Waals surface area contributed by atoms with E-state index in [0.29, 0.717) is 12.0 Å². The highest BCUT2D eigenvalue weighted by Crippen LogP contribution is 2.15. The van der Waals surface area contributed by atoms with Crippen molar-refractivity contribution in [2.24, 2.45) is 5.92 Å². The first-order valence-electron chi connectivity index (χ1n) is 6.91. The van der Waals surface area contributed by atoms with E-state index in [1.807, 2.05) is 19.9 Å². The number of nitrogens with zero attached hydrogens (tertiary/aromatic N) is 2. The summed E-state index contributed by atoms with van der Waals surface area (Å²) in [7, 11) is 0. The molecule has 1 aromatic heterocycles. The molecule has 0 radical (unpaired) electrons. The van der Waals surface area contributed by atoms with Gasteiger partial charge < -0.3 is 10.6 Å². The largest absolute Gasteiger partial charge is 0.367 e. The molecule has 0 fully saturated rings. The van der Waals surface area contributed by atoms with E-state index in [1.165, 1.54) is 6.42 Å². The quantitative estimate of drug-likeness (QED) is 0.778. The molecule has 0 aliphatic rings. The molecule has 4 heteroatoms. The highest BCUT2D eigenvalue weighted by molar-refractivity contribution is 5.42. The van der Waals surface area contributed by atoms with Crippen molar-refractivity contribution in [3.8, 4) is 0 Å². The molecule has 1 rings (SSSR count). The molecule has 0 aliphatic heterocycles. The van der Waals surface area contributed by atoms with E-state index in [9.17, 15) is 0 Å². The molecule has 0 aliphatic carbocycles. The molecule has 18 heavy (non-hydrogen) atoms. The van der Waals surface area contributed by atoms with Crippen molar-refractivity contribution < 1.29 is 0 Å². The van der Waals surface area contributed by atoms with Crippen LogP contribution in [0.15, 0.2) is 6.07 Å². The van der Waals surface area contributed by atoms with Gasteiger partial charge in [0.25, 0.3) is 0 Å². The zero-order valence-electron chi connectivity index (χ0n) is 12.2. The van der Waals surface area contributed by atoms with Crippen LogP contribution in [0.25, 0.3) is 0 Å². The molecule has 2 unspecified atom stereocenters. The molecule has 102 valence electrons. The lowest BCUT2D eigenvalue weighted by Crippen LogP contribution is -2.19. The Kier molecular flexibility index (Phi) is 5.89. The van der Waals surface area contributed by atoms with E-state index in [2.05, 4.69) is 41.4 Å². The SMILES string of the molecule is CCNc1nc(C)cc(NC(C)CC(C)CC)n1. The number of hydrogen-bond acceptors (Lipinski definition) is 4. The molecule has 1 aromatic rings. The molecule has 0 saturated heterocycles. The predicted octanol–water partition coefficient (Wildman–Crippen LogP) is 3.45. The molecule has 0 saturated carbocycles. The summed E-state index contributed by atoms with van der Waals surface area (Å²) >= 11 is 0. The van der Waals surface area contributed by atoms with E-state index in [-0.39, 0.29) is 0 Å². The zero-order chi connectivity index (χ0) is 13.5. The van der Waals surface area contributed by atoms with Gasteiger partial charge in [0.05, 0.1) is 0 Å². The van der Waals surface area contributed by atoms with Gasteiger partial charge in [-0.25, -0.2) is 4.98 Å². The Morgan fingerprint density at radius 3 is 2.56 bits per heavy atom. The van der Waals surface area contributed by atoms with Gasteiger partial charge >= 0.3 is 0 Å². The van der Waals surface area contributed by atoms with Crippen molar-refractivity contribution >= 4 is 11.8 Å². The average molecular weight is 250 g/mol. The zero-order valence-corrected chi connectivity index (χ0v) is 12.2. The Morgan fingerprint density at radius 1 is 1.22 bits per heavy atom. The summed E-state index contributed by atoms with van der Waals surface area (Å²) in [5, 5.41) is 6.61. The number of aromatic nitrogens is 2. The fourth-order valence-electron chi connectivity index (χ4n) is 1.96. The van der Waals surface area contributed by atoms with E-state index < -0.39 is 0 Å². The minimum absolute atomic E-state index is 0.434. The highest BCUT2D eigenvalue weighted by atomic mass is 15.1. The van der Waals surface area contributed by atoms with Crippen LogP contribution in [0.1, 0.15) is 46.2 Å². The maximum Gasteiger partial charge on any atom is 0.224 e.